The van der Waals surface area contributed by atoms with Crippen molar-refractivity contribution in [2.24, 2.45) is 0 Å². The van der Waals surface area contributed by atoms with E-state index in [1.807, 2.05) is 18.4 Å². The number of amides is 1. The minimum Gasteiger partial charge on any atom is -0.461 e. The van der Waals surface area contributed by atoms with Crippen molar-refractivity contribution in [3.05, 3.63) is 47.4 Å². The van der Waals surface area contributed by atoms with Crippen LogP contribution in [0.1, 0.15) is 19.9 Å². The number of nitrogens with one attached hydrogen (secondary N) is 1. The molecule has 0 aliphatic heterocycles. The zero-order valence-corrected chi connectivity index (χ0v) is 15.6. The van der Waals surface area contributed by atoms with Crippen LogP contribution in [0.3, 0.4) is 0 Å². The number of carbonyl (C=O) groups is 1. The van der Waals surface area contributed by atoms with Crippen molar-refractivity contribution in [2.75, 3.05) is 11.1 Å². The first-order valence-corrected chi connectivity index (χ1v) is 9.18. The van der Waals surface area contributed by atoms with Crippen molar-refractivity contribution in [3.8, 4) is 11.6 Å². The molecule has 2 aromatic heterocycles. The molecule has 3 rings (SSSR count). The van der Waals surface area contributed by atoms with E-state index >= 15 is 0 Å². The summed E-state index contributed by atoms with van der Waals surface area (Å²) < 4.78 is 21.0. The quantitative estimate of drug-likeness (QED) is 0.616. The van der Waals surface area contributed by atoms with Gasteiger partial charge in [-0.2, -0.15) is 0 Å². The Bertz CT molecular complexity index is 912. The lowest BCUT2D eigenvalue weighted by molar-refractivity contribution is -0.113. The molecule has 0 unspecified atom stereocenters. The van der Waals surface area contributed by atoms with Gasteiger partial charge in [-0.1, -0.05) is 23.4 Å². The summed E-state index contributed by atoms with van der Waals surface area (Å²) in [5.41, 5.74) is 0.0848. The smallest absolute Gasteiger partial charge is 0.234 e. The van der Waals surface area contributed by atoms with Crippen LogP contribution in [0, 0.1) is 5.82 Å². The van der Waals surface area contributed by atoms with E-state index in [1.165, 1.54) is 23.9 Å². The van der Waals surface area contributed by atoms with Crippen molar-refractivity contribution in [3.63, 3.8) is 0 Å². The SMILES string of the molecule is CC(C)n1c(SCC(=O)Nc2ccc(Cl)cc2F)nnc1-c1ccco1. The monoisotopic (exact) mass is 394 g/mol. The Kier molecular flexibility index (Phi) is 5.63. The van der Waals surface area contributed by atoms with Crippen LogP contribution in [0.4, 0.5) is 10.1 Å². The molecule has 6 nitrogen and oxygen atoms in total. The van der Waals surface area contributed by atoms with E-state index in [-0.39, 0.29) is 28.4 Å². The van der Waals surface area contributed by atoms with E-state index in [1.54, 1.807) is 18.4 Å². The highest BCUT2D eigenvalue weighted by Crippen LogP contribution is 2.28. The zero-order chi connectivity index (χ0) is 18.7. The molecule has 0 aliphatic carbocycles. The van der Waals surface area contributed by atoms with Gasteiger partial charge in [-0.3, -0.25) is 9.36 Å². The van der Waals surface area contributed by atoms with Crippen molar-refractivity contribution in [1.82, 2.24) is 14.8 Å². The predicted octanol–water partition coefficient (Wildman–Crippen LogP) is 4.64. The molecule has 0 spiro atoms. The number of hydrogen-bond acceptors (Lipinski definition) is 5. The lowest BCUT2D eigenvalue weighted by atomic mass is 10.3. The number of halogens is 2. The van der Waals surface area contributed by atoms with Gasteiger partial charge in [0.2, 0.25) is 11.7 Å². The summed E-state index contributed by atoms with van der Waals surface area (Å²) in [6.07, 6.45) is 1.57. The molecule has 0 fully saturated rings. The third kappa shape index (κ3) is 4.08. The van der Waals surface area contributed by atoms with E-state index in [0.29, 0.717) is 16.7 Å². The zero-order valence-electron chi connectivity index (χ0n) is 14.1. The van der Waals surface area contributed by atoms with Gasteiger partial charge in [-0.25, -0.2) is 4.39 Å². The molecule has 1 N–H and O–H groups in total. The first kappa shape index (κ1) is 18.5. The normalized spacial score (nSPS) is 11.1. The highest BCUT2D eigenvalue weighted by molar-refractivity contribution is 7.99. The summed E-state index contributed by atoms with van der Waals surface area (Å²) in [6, 6.07) is 7.73. The van der Waals surface area contributed by atoms with Gasteiger partial charge in [-0.05, 0) is 44.2 Å². The average Bonchev–Trinajstić information content (AvgIpc) is 3.24. The van der Waals surface area contributed by atoms with Crippen molar-refractivity contribution < 1.29 is 13.6 Å². The molecule has 0 radical (unpaired) electrons. The van der Waals surface area contributed by atoms with Crippen LogP contribution in [-0.2, 0) is 4.79 Å². The third-order valence-electron chi connectivity index (χ3n) is 3.46. The molecule has 0 atom stereocenters. The maximum Gasteiger partial charge on any atom is 0.234 e. The van der Waals surface area contributed by atoms with E-state index in [2.05, 4.69) is 15.5 Å². The summed E-state index contributed by atoms with van der Waals surface area (Å²) in [5.74, 6) is 0.322. The lowest BCUT2D eigenvalue weighted by Gasteiger charge is -2.12. The van der Waals surface area contributed by atoms with Crippen molar-refractivity contribution in [2.45, 2.75) is 25.0 Å². The van der Waals surface area contributed by atoms with Gasteiger partial charge >= 0.3 is 0 Å². The molecular weight excluding hydrogens is 379 g/mol. The second-order valence-corrected chi connectivity index (χ2v) is 7.09. The maximum absolute atomic E-state index is 13.8. The molecule has 1 amide bonds. The van der Waals surface area contributed by atoms with Crippen LogP contribution < -0.4 is 5.32 Å². The minimum atomic E-state index is -0.582. The molecule has 0 saturated heterocycles. The fraction of sp³-hybridized carbons (Fsp3) is 0.235. The van der Waals surface area contributed by atoms with E-state index < -0.39 is 5.82 Å². The van der Waals surface area contributed by atoms with Crippen LogP contribution in [-0.4, -0.2) is 26.4 Å². The topological polar surface area (TPSA) is 73.0 Å². The summed E-state index contributed by atoms with van der Waals surface area (Å²) in [5, 5.41) is 11.7. The number of rotatable bonds is 6. The van der Waals surface area contributed by atoms with Gasteiger partial charge in [0, 0.05) is 11.1 Å². The molecule has 0 bridgehead atoms. The summed E-state index contributed by atoms with van der Waals surface area (Å²) in [7, 11) is 0. The van der Waals surface area contributed by atoms with E-state index in [0.717, 1.165) is 6.07 Å². The van der Waals surface area contributed by atoms with Crippen LogP contribution in [0.5, 0.6) is 0 Å². The number of hydrogen-bond donors (Lipinski definition) is 1. The molecular formula is C17H16ClFN4O2S. The molecule has 0 aliphatic rings. The number of furan rings is 1. The first-order valence-electron chi connectivity index (χ1n) is 7.82. The van der Waals surface area contributed by atoms with Gasteiger partial charge in [0.15, 0.2) is 10.9 Å². The van der Waals surface area contributed by atoms with Crippen LogP contribution in [0.2, 0.25) is 5.02 Å². The fourth-order valence-corrected chi connectivity index (χ4v) is 3.35. The third-order valence-corrected chi connectivity index (χ3v) is 4.64. The number of anilines is 1. The predicted molar refractivity (Wildman–Crippen MR) is 98.9 cm³/mol. The van der Waals surface area contributed by atoms with Gasteiger partial charge in [-0.15, -0.1) is 10.2 Å². The molecule has 2 heterocycles. The average molecular weight is 395 g/mol. The second-order valence-electron chi connectivity index (χ2n) is 5.71. The fourth-order valence-electron chi connectivity index (χ4n) is 2.32. The molecule has 26 heavy (non-hydrogen) atoms. The van der Waals surface area contributed by atoms with Gasteiger partial charge in [0.1, 0.15) is 5.82 Å². The Balaban J connectivity index is 1.70. The Hall–Kier alpha value is -2.32. The Morgan fingerprint density at radius 3 is 2.85 bits per heavy atom. The number of aromatic nitrogens is 3. The summed E-state index contributed by atoms with van der Waals surface area (Å²) >= 11 is 6.92. The van der Waals surface area contributed by atoms with Crippen molar-refractivity contribution in [1.29, 1.82) is 0 Å². The minimum absolute atomic E-state index is 0.0606. The molecule has 136 valence electrons. The molecule has 0 saturated carbocycles. The number of thioether (sulfide) groups is 1. The number of carbonyl (C=O) groups excluding carboxylic acids is 1. The van der Waals surface area contributed by atoms with Crippen LogP contribution >= 0.6 is 23.4 Å². The van der Waals surface area contributed by atoms with E-state index in [4.69, 9.17) is 16.0 Å². The Morgan fingerprint density at radius 2 is 2.19 bits per heavy atom. The lowest BCUT2D eigenvalue weighted by Crippen LogP contribution is -2.16. The number of nitrogens with zero attached hydrogens (tertiary/aromatic N) is 3. The molecule has 3 aromatic rings. The maximum atomic E-state index is 13.8. The largest absolute Gasteiger partial charge is 0.461 e. The standard InChI is InChI=1S/C17H16ClFN4O2S/c1-10(2)23-16(14-4-3-7-25-14)21-22-17(23)26-9-15(24)20-13-6-5-11(18)8-12(13)19/h3-8,10H,9H2,1-2H3,(H,20,24). The van der Waals surface area contributed by atoms with E-state index in [9.17, 15) is 9.18 Å². The Labute approximate surface area is 158 Å². The molecule has 9 heteroatoms. The van der Waals surface area contributed by atoms with Crippen LogP contribution in [0.15, 0.2) is 46.2 Å². The van der Waals surface area contributed by atoms with Gasteiger partial charge in [0.05, 0.1) is 17.7 Å². The number of benzene rings is 1. The molecule has 1 aromatic carbocycles. The first-order chi connectivity index (χ1) is 12.5. The van der Waals surface area contributed by atoms with Gasteiger partial charge < -0.3 is 9.73 Å². The van der Waals surface area contributed by atoms with Gasteiger partial charge in [0.25, 0.3) is 0 Å². The summed E-state index contributed by atoms with van der Waals surface area (Å²) in [6.45, 7) is 3.98. The van der Waals surface area contributed by atoms with Crippen molar-refractivity contribution >= 4 is 35.0 Å². The van der Waals surface area contributed by atoms with Crippen LogP contribution in [0.25, 0.3) is 11.6 Å². The highest BCUT2D eigenvalue weighted by atomic mass is 35.5. The second kappa shape index (κ2) is 7.92. The Morgan fingerprint density at radius 1 is 1.38 bits per heavy atom. The highest BCUT2D eigenvalue weighted by Gasteiger charge is 2.19. The summed E-state index contributed by atoms with van der Waals surface area (Å²) in [4.78, 5) is 12.1.